The van der Waals surface area contributed by atoms with E-state index in [4.69, 9.17) is 0 Å². The number of carbonyl (C=O) groups is 1. The molecule has 3 heteroatoms. The molecular weight excluding hydrogens is 361 g/mol. The topological polar surface area (TPSA) is 29.1 Å². The van der Waals surface area contributed by atoms with Crippen LogP contribution in [0.15, 0.2) is 48.5 Å². The van der Waals surface area contributed by atoms with Gasteiger partial charge in [0.1, 0.15) is 0 Å². The molecule has 0 aliphatic heterocycles. The molecule has 1 amide bonds. The molecule has 0 heterocycles. The number of rotatable bonds is 3. The average Bonchev–Trinajstić information content (AvgIpc) is 2.44. The number of anilines is 1. The summed E-state index contributed by atoms with van der Waals surface area (Å²) in [7, 11) is 0. The van der Waals surface area contributed by atoms with Crippen molar-refractivity contribution in [3.63, 3.8) is 0 Å². The minimum Gasteiger partial charge on any atom is -0.322 e. The quantitative estimate of drug-likeness (QED) is 0.617. The standard InChI is InChI=1S/C17H16INO/c1-12-11-16(13(2)10-15(12)18)19-17(20)9-8-14-6-4-3-5-7-14/h3-11H,1-2H3,(H,19,20)/b9-8+. The second-order valence-electron chi connectivity index (χ2n) is 4.65. The van der Waals surface area contributed by atoms with Crippen LogP contribution < -0.4 is 5.32 Å². The minimum absolute atomic E-state index is 0.113. The molecule has 2 nitrogen and oxygen atoms in total. The lowest BCUT2D eigenvalue weighted by molar-refractivity contribution is -0.111. The Kier molecular flexibility index (Phi) is 4.95. The molecule has 1 N–H and O–H groups in total. The van der Waals surface area contributed by atoms with E-state index in [2.05, 4.69) is 34.0 Å². The van der Waals surface area contributed by atoms with Crippen LogP contribution in [0.1, 0.15) is 16.7 Å². The normalized spacial score (nSPS) is 10.8. The van der Waals surface area contributed by atoms with Crippen molar-refractivity contribution in [1.29, 1.82) is 0 Å². The van der Waals surface area contributed by atoms with Crippen LogP contribution in [-0.2, 0) is 4.79 Å². The van der Waals surface area contributed by atoms with Crippen molar-refractivity contribution in [2.75, 3.05) is 5.32 Å². The van der Waals surface area contributed by atoms with Gasteiger partial charge in [0.2, 0.25) is 5.91 Å². The van der Waals surface area contributed by atoms with Gasteiger partial charge < -0.3 is 5.32 Å². The number of nitrogens with one attached hydrogen (secondary N) is 1. The third-order valence-corrected chi connectivity index (χ3v) is 4.15. The molecule has 0 fully saturated rings. The van der Waals surface area contributed by atoms with Gasteiger partial charge in [-0.1, -0.05) is 30.3 Å². The Bertz CT molecular complexity index is 648. The van der Waals surface area contributed by atoms with Crippen molar-refractivity contribution in [2.45, 2.75) is 13.8 Å². The van der Waals surface area contributed by atoms with E-state index in [1.165, 1.54) is 9.13 Å². The summed E-state index contributed by atoms with van der Waals surface area (Å²) in [5.41, 5.74) is 4.11. The number of amides is 1. The first-order valence-electron chi connectivity index (χ1n) is 6.37. The molecule has 20 heavy (non-hydrogen) atoms. The molecule has 0 aliphatic rings. The molecule has 0 unspecified atom stereocenters. The molecule has 0 saturated carbocycles. The van der Waals surface area contributed by atoms with E-state index in [0.29, 0.717) is 0 Å². The zero-order chi connectivity index (χ0) is 14.5. The fraction of sp³-hybridized carbons (Fsp3) is 0.118. The van der Waals surface area contributed by atoms with E-state index in [0.717, 1.165) is 16.8 Å². The molecule has 0 radical (unpaired) electrons. The monoisotopic (exact) mass is 377 g/mol. The van der Waals surface area contributed by atoms with Crippen LogP contribution in [0.5, 0.6) is 0 Å². The Balaban J connectivity index is 2.09. The summed E-state index contributed by atoms with van der Waals surface area (Å²) in [5.74, 6) is -0.113. The largest absolute Gasteiger partial charge is 0.322 e. The van der Waals surface area contributed by atoms with Crippen molar-refractivity contribution in [1.82, 2.24) is 0 Å². The maximum atomic E-state index is 11.9. The van der Waals surface area contributed by atoms with E-state index in [9.17, 15) is 4.79 Å². The summed E-state index contributed by atoms with van der Waals surface area (Å²) >= 11 is 2.30. The second kappa shape index (κ2) is 6.70. The number of benzene rings is 2. The highest BCUT2D eigenvalue weighted by Gasteiger charge is 2.04. The second-order valence-corrected chi connectivity index (χ2v) is 5.81. The van der Waals surface area contributed by atoms with E-state index >= 15 is 0 Å². The summed E-state index contributed by atoms with van der Waals surface area (Å²) in [6.45, 7) is 4.04. The average molecular weight is 377 g/mol. The minimum atomic E-state index is -0.113. The first-order valence-corrected chi connectivity index (χ1v) is 7.45. The molecule has 102 valence electrons. The van der Waals surface area contributed by atoms with Gasteiger partial charge >= 0.3 is 0 Å². The van der Waals surface area contributed by atoms with E-state index < -0.39 is 0 Å². The molecule has 0 spiro atoms. The van der Waals surface area contributed by atoms with Gasteiger partial charge in [-0.15, -0.1) is 0 Å². The summed E-state index contributed by atoms with van der Waals surface area (Å²) in [4.78, 5) is 11.9. The van der Waals surface area contributed by atoms with E-state index in [1.54, 1.807) is 6.08 Å². The Morgan fingerprint density at radius 1 is 1.10 bits per heavy atom. The van der Waals surface area contributed by atoms with Gasteiger partial charge in [0.25, 0.3) is 0 Å². The highest BCUT2D eigenvalue weighted by Crippen LogP contribution is 2.21. The molecule has 0 saturated heterocycles. The molecule has 2 aromatic carbocycles. The van der Waals surface area contributed by atoms with Crippen LogP contribution in [0, 0.1) is 17.4 Å². The van der Waals surface area contributed by atoms with Gasteiger partial charge in [-0.3, -0.25) is 4.79 Å². The molecule has 0 bridgehead atoms. The zero-order valence-electron chi connectivity index (χ0n) is 11.5. The summed E-state index contributed by atoms with van der Waals surface area (Å²) in [6, 6.07) is 13.9. The smallest absolute Gasteiger partial charge is 0.248 e. The highest BCUT2D eigenvalue weighted by atomic mass is 127. The molecule has 0 atom stereocenters. The first kappa shape index (κ1) is 14.8. The number of carbonyl (C=O) groups excluding carboxylic acids is 1. The lowest BCUT2D eigenvalue weighted by Crippen LogP contribution is -2.09. The maximum Gasteiger partial charge on any atom is 0.248 e. The van der Waals surface area contributed by atoms with Crippen LogP contribution in [0.2, 0.25) is 0 Å². The summed E-state index contributed by atoms with van der Waals surface area (Å²) in [6.07, 6.45) is 3.37. The van der Waals surface area contributed by atoms with Crippen molar-refractivity contribution >= 4 is 40.3 Å². The number of halogens is 1. The summed E-state index contributed by atoms with van der Waals surface area (Å²) < 4.78 is 1.21. The van der Waals surface area contributed by atoms with Crippen molar-refractivity contribution < 1.29 is 4.79 Å². The number of hydrogen-bond acceptors (Lipinski definition) is 1. The van der Waals surface area contributed by atoms with E-state index in [1.807, 2.05) is 56.3 Å². The van der Waals surface area contributed by atoms with Crippen LogP contribution in [0.25, 0.3) is 6.08 Å². The SMILES string of the molecule is Cc1cc(NC(=O)/C=C/c2ccccc2)c(C)cc1I. The zero-order valence-corrected chi connectivity index (χ0v) is 13.6. The number of hydrogen-bond donors (Lipinski definition) is 1. The van der Waals surface area contributed by atoms with Crippen LogP contribution >= 0.6 is 22.6 Å². The van der Waals surface area contributed by atoms with Gasteiger partial charge in [0.05, 0.1) is 0 Å². The van der Waals surface area contributed by atoms with Gasteiger partial charge in [-0.25, -0.2) is 0 Å². The fourth-order valence-corrected chi connectivity index (χ4v) is 2.45. The molecular formula is C17H16INO. The molecule has 2 aromatic rings. The third-order valence-electron chi connectivity index (χ3n) is 2.99. The van der Waals surface area contributed by atoms with Gasteiger partial charge in [-0.2, -0.15) is 0 Å². The lowest BCUT2D eigenvalue weighted by Gasteiger charge is -2.09. The van der Waals surface area contributed by atoms with Crippen molar-refractivity contribution in [3.8, 4) is 0 Å². The Hall–Kier alpha value is -1.62. The van der Waals surface area contributed by atoms with Crippen LogP contribution in [0.4, 0.5) is 5.69 Å². The van der Waals surface area contributed by atoms with E-state index in [-0.39, 0.29) is 5.91 Å². The van der Waals surface area contributed by atoms with Gasteiger partial charge in [0, 0.05) is 15.3 Å². The third kappa shape index (κ3) is 3.93. The van der Waals surface area contributed by atoms with Gasteiger partial charge in [0.15, 0.2) is 0 Å². The van der Waals surface area contributed by atoms with Gasteiger partial charge in [-0.05, 0) is 71.3 Å². The Morgan fingerprint density at radius 3 is 2.50 bits per heavy atom. The maximum absolute atomic E-state index is 11.9. The predicted molar refractivity (Wildman–Crippen MR) is 92.7 cm³/mol. The first-order chi connectivity index (χ1) is 9.56. The highest BCUT2D eigenvalue weighted by molar-refractivity contribution is 14.1. The Morgan fingerprint density at radius 2 is 1.80 bits per heavy atom. The lowest BCUT2D eigenvalue weighted by atomic mass is 10.1. The molecule has 2 rings (SSSR count). The fourth-order valence-electron chi connectivity index (χ4n) is 1.83. The molecule has 0 aromatic heterocycles. The number of aryl methyl sites for hydroxylation is 2. The Labute approximate surface area is 133 Å². The van der Waals surface area contributed by atoms with Crippen molar-refractivity contribution in [2.24, 2.45) is 0 Å². The van der Waals surface area contributed by atoms with Crippen LogP contribution in [0.3, 0.4) is 0 Å². The predicted octanol–water partition coefficient (Wildman–Crippen LogP) is 4.56. The molecule has 0 aliphatic carbocycles. The summed E-state index contributed by atoms with van der Waals surface area (Å²) in [5, 5.41) is 2.92. The van der Waals surface area contributed by atoms with Crippen LogP contribution in [-0.4, -0.2) is 5.91 Å². The van der Waals surface area contributed by atoms with Crippen molar-refractivity contribution in [3.05, 3.63) is 68.8 Å².